The van der Waals surface area contributed by atoms with Crippen molar-refractivity contribution in [3.05, 3.63) is 70.5 Å². The van der Waals surface area contributed by atoms with Crippen molar-refractivity contribution in [2.75, 3.05) is 5.32 Å². The molecule has 1 N–H and O–H groups in total. The number of nitrogens with one attached hydrogen (secondary N) is 1. The van der Waals surface area contributed by atoms with Gasteiger partial charge >= 0.3 is 0 Å². The Balaban J connectivity index is 1.84. The van der Waals surface area contributed by atoms with Crippen molar-refractivity contribution in [2.24, 2.45) is 4.99 Å². The van der Waals surface area contributed by atoms with Crippen molar-refractivity contribution in [1.82, 2.24) is 0 Å². The van der Waals surface area contributed by atoms with Gasteiger partial charge in [-0.25, -0.2) is 0 Å². The standard InChI is InChI=1S/C19H18N2S/c1-19(18-11-6-12-22-18)13-17(14-7-2-3-8-14)20-15-9-4-5-10-16(15)21-19/h2-7,9-12,21H,8,13H2,1H3/t19-/m0/s1. The second-order valence-electron chi connectivity index (χ2n) is 6.01. The number of anilines is 1. The van der Waals surface area contributed by atoms with E-state index < -0.39 is 0 Å². The molecule has 0 bridgehead atoms. The van der Waals surface area contributed by atoms with E-state index in [-0.39, 0.29) is 5.54 Å². The Morgan fingerprint density at radius 3 is 2.86 bits per heavy atom. The number of aliphatic imine (C=N–C) groups is 1. The lowest BCUT2D eigenvalue weighted by Gasteiger charge is -2.30. The third-order valence-electron chi connectivity index (χ3n) is 4.30. The number of nitrogens with zero attached hydrogens (tertiary/aromatic N) is 1. The molecule has 0 amide bonds. The first-order valence-electron chi connectivity index (χ1n) is 7.59. The van der Waals surface area contributed by atoms with Crippen LogP contribution < -0.4 is 5.32 Å². The highest BCUT2D eigenvalue weighted by Gasteiger charge is 2.33. The molecule has 0 saturated heterocycles. The van der Waals surface area contributed by atoms with Crippen LogP contribution in [-0.2, 0) is 5.54 Å². The maximum absolute atomic E-state index is 4.98. The van der Waals surface area contributed by atoms with Gasteiger partial charge in [0.25, 0.3) is 0 Å². The third-order valence-corrected chi connectivity index (χ3v) is 5.43. The zero-order chi connectivity index (χ0) is 15.0. The first-order valence-corrected chi connectivity index (χ1v) is 8.47. The van der Waals surface area contributed by atoms with E-state index in [0.29, 0.717) is 0 Å². The average Bonchev–Trinajstić information content (AvgIpc) is 3.20. The van der Waals surface area contributed by atoms with Crippen molar-refractivity contribution in [1.29, 1.82) is 0 Å². The fourth-order valence-corrected chi connectivity index (χ4v) is 3.97. The number of allylic oxidation sites excluding steroid dienone is 4. The Hall–Kier alpha value is -2.13. The van der Waals surface area contributed by atoms with Crippen LogP contribution in [0.2, 0.25) is 0 Å². The van der Waals surface area contributed by atoms with E-state index in [1.807, 2.05) is 0 Å². The van der Waals surface area contributed by atoms with Crippen molar-refractivity contribution < 1.29 is 0 Å². The lowest BCUT2D eigenvalue weighted by Crippen LogP contribution is -2.33. The van der Waals surface area contributed by atoms with Gasteiger partial charge in [-0.2, -0.15) is 0 Å². The molecular formula is C19H18N2S. The third kappa shape index (κ3) is 2.32. The Bertz CT molecular complexity index is 784. The minimum Gasteiger partial charge on any atom is -0.373 e. The predicted octanol–water partition coefficient (Wildman–Crippen LogP) is 5.44. The van der Waals surface area contributed by atoms with Crippen LogP contribution in [0.15, 0.2) is 70.6 Å². The summed E-state index contributed by atoms with van der Waals surface area (Å²) in [6.07, 6.45) is 8.41. The van der Waals surface area contributed by atoms with E-state index in [9.17, 15) is 0 Å². The SMILES string of the molecule is C[C@@]1(c2cccs2)CC(C2=CC=CC2)=Nc2ccccc2N1. The first kappa shape index (κ1) is 13.5. The highest BCUT2D eigenvalue weighted by molar-refractivity contribution is 7.10. The number of para-hydroxylation sites is 2. The summed E-state index contributed by atoms with van der Waals surface area (Å²) in [4.78, 5) is 6.33. The van der Waals surface area contributed by atoms with Crippen LogP contribution in [0.1, 0.15) is 24.6 Å². The number of hydrogen-bond donors (Lipinski definition) is 1. The molecule has 2 aromatic rings. The van der Waals surface area contributed by atoms with Crippen molar-refractivity contribution in [3.63, 3.8) is 0 Å². The Morgan fingerprint density at radius 1 is 1.18 bits per heavy atom. The van der Waals surface area contributed by atoms with Crippen LogP contribution in [0, 0.1) is 0 Å². The predicted molar refractivity (Wildman–Crippen MR) is 95.3 cm³/mol. The summed E-state index contributed by atoms with van der Waals surface area (Å²) < 4.78 is 0. The summed E-state index contributed by atoms with van der Waals surface area (Å²) in [5.74, 6) is 0. The molecule has 1 aromatic carbocycles. The Labute approximate surface area is 134 Å². The molecular weight excluding hydrogens is 288 g/mol. The van der Waals surface area contributed by atoms with Crippen molar-refractivity contribution in [3.8, 4) is 0 Å². The zero-order valence-electron chi connectivity index (χ0n) is 12.5. The molecule has 0 fully saturated rings. The maximum Gasteiger partial charge on any atom is 0.0864 e. The van der Waals surface area contributed by atoms with Gasteiger partial charge in [-0.05, 0) is 42.5 Å². The van der Waals surface area contributed by atoms with E-state index >= 15 is 0 Å². The monoisotopic (exact) mass is 306 g/mol. The molecule has 0 spiro atoms. The molecule has 1 atom stereocenters. The first-order chi connectivity index (χ1) is 10.7. The van der Waals surface area contributed by atoms with Gasteiger partial charge in [0.05, 0.1) is 16.9 Å². The van der Waals surface area contributed by atoms with Gasteiger partial charge in [-0.15, -0.1) is 11.3 Å². The Kier molecular flexibility index (Phi) is 3.23. The molecule has 22 heavy (non-hydrogen) atoms. The Morgan fingerprint density at radius 2 is 2.09 bits per heavy atom. The van der Waals surface area contributed by atoms with Gasteiger partial charge in [0.1, 0.15) is 0 Å². The van der Waals surface area contributed by atoms with E-state index in [0.717, 1.165) is 24.2 Å². The molecule has 110 valence electrons. The molecule has 0 radical (unpaired) electrons. The number of hydrogen-bond acceptors (Lipinski definition) is 3. The van der Waals surface area contributed by atoms with Gasteiger partial charge in [-0.3, -0.25) is 4.99 Å². The zero-order valence-corrected chi connectivity index (χ0v) is 13.4. The van der Waals surface area contributed by atoms with Crippen LogP contribution in [-0.4, -0.2) is 5.71 Å². The molecule has 0 unspecified atom stereocenters. The topological polar surface area (TPSA) is 24.4 Å². The summed E-state index contributed by atoms with van der Waals surface area (Å²) in [5, 5.41) is 5.89. The molecule has 2 aliphatic rings. The molecule has 1 aliphatic heterocycles. The van der Waals surface area contributed by atoms with Gasteiger partial charge in [0, 0.05) is 17.0 Å². The van der Waals surface area contributed by atoms with Crippen LogP contribution in [0.4, 0.5) is 11.4 Å². The lowest BCUT2D eigenvalue weighted by molar-refractivity contribution is 0.583. The number of fused-ring (bicyclic) bond motifs is 1. The highest BCUT2D eigenvalue weighted by Crippen LogP contribution is 2.40. The molecule has 4 rings (SSSR count). The van der Waals surface area contributed by atoms with E-state index in [4.69, 9.17) is 4.99 Å². The van der Waals surface area contributed by atoms with Crippen LogP contribution in [0.25, 0.3) is 0 Å². The summed E-state index contributed by atoms with van der Waals surface area (Å²) in [6, 6.07) is 12.7. The van der Waals surface area contributed by atoms with E-state index in [1.54, 1.807) is 11.3 Å². The molecule has 3 heteroatoms. The number of rotatable bonds is 2. The fraction of sp³-hybridized carbons (Fsp3) is 0.211. The molecule has 1 aliphatic carbocycles. The maximum atomic E-state index is 4.98. The number of benzene rings is 1. The summed E-state index contributed by atoms with van der Waals surface area (Å²) in [6.45, 7) is 2.28. The molecule has 2 heterocycles. The second-order valence-corrected chi connectivity index (χ2v) is 6.96. The minimum atomic E-state index is -0.122. The lowest BCUT2D eigenvalue weighted by atomic mass is 9.89. The van der Waals surface area contributed by atoms with Crippen LogP contribution >= 0.6 is 11.3 Å². The van der Waals surface area contributed by atoms with E-state index in [1.165, 1.54) is 16.2 Å². The summed E-state index contributed by atoms with van der Waals surface area (Å²) in [5.41, 5.74) is 4.55. The second kappa shape index (κ2) is 5.25. The summed E-state index contributed by atoms with van der Waals surface area (Å²) in [7, 11) is 0. The van der Waals surface area contributed by atoms with Crippen LogP contribution in [0.5, 0.6) is 0 Å². The van der Waals surface area contributed by atoms with Gasteiger partial charge in [0.15, 0.2) is 0 Å². The van der Waals surface area contributed by atoms with Crippen molar-refractivity contribution >= 4 is 28.4 Å². The minimum absolute atomic E-state index is 0.122. The smallest absolute Gasteiger partial charge is 0.0864 e. The molecule has 2 nitrogen and oxygen atoms in total. The molecule has 1 aromatic heterocycles. The van der Waals surface area contributed by atoms with Crippen molar-refractivity contribution in [2.45, 2.75) is 25.3 Å². The highest BCUT2D eigenvalue weighted by atomic mass is 32.1. The van der Waals surface area contributed by atoms with Gasteiger partial charge < -0.3 is 5.32 Å². The normalized spacial score (nSPS) is 23.3. The van der Waals surface area contributed by atoms with E-state index in [2.05, 4.69) is 72.2 Å². The van der Waals surface area contributed by atoms with Gasteiger partial charge in [0.2, 0.25) is 0 Å². The largest absolute Gasteiger partial charge is 0.373 e. The van der Waals surface area contributed by atoms with Gasteiger partial charge in [-0.1, -0.05) is 36.4 Å². The fourth-order valence-electron chi connectivity index (χ4n) is 3.13. The quantitative estimate of drug-likeness (QED) is 0.785. The summed E-state index contributed by atoms with van der Waals surface area (Å²) >= 11 is 1.80. The average molecular weight is 306 g/mol. The molecule has 0 saturated carbocycles. The van der Waals surface area contributed by atoms with Crippen LogP contribution in [0.3, 0.4) is 0 Å². The number of thiophene rings is 1.